The molecule has 202 valence electrons. The smallest absolute Gasteiger partial charge is 0.359 e. The van der Waals surface area contributed by atoms with Crippen LogP contribution in [0.1, 0.15) is 120 Å². The fourth-order valence-corrected chi connectivity index (χ4v) is 10.5. The Morgan fingerprint density at radius 3 is 1.74 bits per heavy atom. The first-order chi connectivity index (χ1) is 16.1. The molecule has 1 aliphatic heterocycles. The minimum Gasteiger partial charge on any atom is -0.385 e. The molecule has 4 unspecified atom stereocenters. The van der Waals surface area contributed by atoms with E-state index in [4.69, 9.17) is 29.2 Å². The Bertz CT molecular complexity index is 769. The molecular weight excluding hydrogens is 484 g/mol. The number of ether oxygens (including phenoxy) is 1. The van der Waals surface area contributed by atoms with Crippen molar-refractivity contribution in [1.82, 2.24) is 0 Å². The average Bonchev–Trinajstić information content (AvgIpc) is 3.21. The Morgan fingerprint density at radius 1 is 0.886 bits per heavy atom. The molecule has 5 atom stereocenters. The van der Waals surface area contributed by atoms with Crippen molar-refractivity contribution in [3.05, 3.63) is 0 Å². The minimum atomic E-state index is -4.56. The van der Waals surface area contributed by atoms with E-state index in [0.717, 1.165) is 12.8 Å². The van der Waals surface area contributed by atoms with Crippen LogP contribution in [0.3, 0.4) is 0 Å². The first kappa shape index (κ1) is 33.4. The Kier molecular flexibility index (Phi) is 11.9. The zero-order chi connectivity index (χ0) is 27.3. The SMILES string of the molecule is [B][C@H]1CCC(CC(C)(CC)OP([B])(=O)C(CC)(CC)C(CC)(CC)OP(=O)(O)C(O)(CC)CC)O1. The molecule has 0 spiro atoms. The number of hydrogen-bond acceptors (Lipinski definition) is 6. The van der Waals surface area contributed by atoms with E-state index in [0.29, 0.717) is 25.7 Å². The van der Waals surface area contributed by atoms with Crippen LogP contribution in [0.25, 0.3) is 0 Å². The molecule has 11 heteroatoms. The normalized spacial score (nSPS) is 25.1. The topological polar surface area (TPSA) is 102 Å². The molecule has 0 aromatic rings. The summed E-state index contributed by atoms with van der Waals surface area (Å²) in [6, 6.07) is -0.313. The van der Waals surface area contributed by atoms with Crippen molar-refractivity contribution in [2.75, 3.05) is 0 Å². The van der Waals surface area contributed by atoms with E-state index in [1.165, 1.54) is 0 Å². The molecule has 1 heterocycles. The molecule has 4 radical (unpaired) electrons. The van der Waals surface area contributed by atoms with E-state index in [1.54, 1.807) is 13.8 Å². The van der Waals surface area contributed by atoms with Crippen LogP contribution in [-0.2, 0) is 22.9 Å². The predicted molar refractivity (Wildman–Crippen MR) is 144 cm³/mol. The average molecular weight is 532 g/mol. The second kappa shape index (κ2) is 12.5. The van der Waals surface area contributed by atoms with Gasteiger partial charge in [0.1, 0.15) is 7.85 Å². The van der Waals surface area contributed by atoms with Crippen molar-refractivity contribution in [2.45, 2.75) is 153 Å². The van der Waals surface area contributed by atoms with Crippen LogP contribution in [0.15, 0.2) is 0 Å². The van der Waals surface area contributed by atoms with Crippen LogP contribution in [-0.4, -0.2) is 59.2 Å². The van der Waals surface area contributed by atoms with E-state index in [1.807, 2.05) is 41.5 Å². The highest BCUT2D eigenvalue weighted by Gasteiger charge is 2.62. The van der Waals surface area contributed by atoms with Gasteiger partial charge < -0.3 is 23.8 Å². The second-order valence-electron chi connectivity index (χ2n) is 10.3. The van der Waals surface area contributed by atoms with Gasteiger partial charge in [0, 0.05) is 12.4 Å². The molecule has 1 saturated heterocycles. The summed E-state index contributed by atoms with van der Waals surface area (Å²) >= 11 is 0. The van der Waals surface area contributed by atoms with Crippen molar-refractivity contribution < 1.29 is 32.9 Å². The van der Waals surface area contributed by atoms with Crippen LogP contribution >= 0.6 is 14.8 Å². The van der Waals surface area contributed by atoms with Crippen molar-refractivity contribution in [1.29, 1.82) is 0 Å². The molecule has 0 amide bonds. The van der Waals surface area contributed by atoms with E-state index in [-0.39, 0.29) is 37.8 Å². The summed E-state index contributed by atoms with van der Waals surface area (Å²) in [5, 5.41) is 7.77. The standard InChI is InChI=1S/C24H48B2O7P2/c1-9-21(8,18-19-16-17-20(25)31-19)32-34(26,28)23(12-4,13-5)22(10-2,11-3)33-35(29,30)24(27,14-6)15-7/h19-20,27H,9-18H2,1-8H3,(H,29,30)/t19?,20-,21?,34?/m1/s1. The highest BCUT2D eigenvalue weighted by molar-refractivity contribution is 7.84. The maximum absolute atomic E-state index is 14.5. The van der Waals surface area contributed by atoms with Gasteiger partial charge in [-0.05, 0) is 64.7 Å². The quantitative estimate of drug-likeness (QED) is 0.175. The summed E-state index contributed by atoms with van der Waals surface area (Å²) in [6.07, 6.45) is 3.69. The molecule has 1 fully saturated rings. The molecule has 0 aromatic carbocycles. The van der Waals surface area contributed by atoms with Crippen molar-refractivity contribution >= 4 is 30.3 Å². The van der Waals surface area contributed by atoms with Crippen LogP contribution in [0.4, 0.5) is 0 Å². The lowest BCUT2D eigenvalue weighted by molar-refractivity contribution is -0.0367. The number of hydrogen-bond donors (Lipinski definition) is 2. The van der Waals surface area contributed by atoms with Gasteiger partial charge in [-0.25, -0.2) is 0 Å². The van der Waals surface area contributed by atoms with Gasteiger partial charge in [0.05, 0.1) is 22.5 Å². The molecule has 0 aliphatic carbocycles. The summed E-state index contributed by atoms with van der Waals surface area (Å²) < 4.78 is 46.3. The van der Waals surface area contributed by atoms with Crippen molar-refractivity contribution in [3.63, 3.8) is 0 Å². The number of aliphatic hydroxyl groups is 1. The molecule has 1 aliphatic rings. The fraction of sp³-hybridized carbons (Fsp3) is 1.00. The third kappa shape index (κ3) is 6.52. The van der Waals surface area contributed by atoms with Gasteiger partial charge in [-0.1, -0.05) is 48.5 Å². The zero-order valence-corrected chi connectivity index (χ0v) is 25.0. The third-order valence-electron chi connectivity index (χ3n) is 8.62. The third-order valence-corrected chi connectivity index (χ3v) is 13.8. The van der Waals surface area contributed by atoms with E-state index >= 15 is 0 Å². The molecule has 35 heavy (non-hydrogen) atoms. The van der Waals surface area contributed by atoms with Gasteiger partial charge in [0.15, 0.2) is 12.6 Å². The van der Waals surface area contributed by atoms with Gasteiger partial charge in [-0.3, -0.25) is 9.09 Å². The molecule has 0 bridgehead atoms. The lowest BCUT2D eigenvalue weighted by atomic mass is 9.78. The Morgan fingerprint density at radius 2 is 1.40 bits per heavy atom. The minimum absolute atomic E-state index is 0.0419. The zero-order valence-electron chi connectivity index (χ0n) is 23.2. The Balaban J connectivity index is 3.54. The lowest BCUT2D eigenvalue weighted by Gasteiger charge is -2.54. The van der Waals surface area contributed by atoms with E-state index in [2.05, 4.69) is 0 Å². The van der Waals surface area contributed by atoms with Crippen LogP contribution < -0.4 is 0 Å². The first-order valence-corrected chi connectivity index (χ1v) is 16.6. The Hall–Kier alpha value is 0.390. The van der Waals surface area contributed by atoms with E-state index < -0.39 is 36.5 Å². The van der Waals surface area contributed by atoms with Gasteiger partial charge >= 0.3 is 7.60 Å². The van der Waals surface area contributed by atoms with Gasteiger partial charge in [-0.2, -0.15) is 0 Å². The Labute approximate surface area is 216 Å². The van der Waals surface area contributed by atoms with E-state index in [9.17, 15) is 19.1 Å². The molecule has 1 rings (SSSR count). The maximum atomic E-state index is 14.5. The summed E-state index contributed by atoms with van der Waals surface area (Å²) in [6.45, 7) is 14.5. The monoisotopic (exact) mass is 532 g/mol. The maximum Gasteiger partial charge on any atom is 0.359 e. The van der Waals surface area contributed by atoms with Crippen LogP contribution in [0.5, 0.6) is 0 Å². The predicted octanol–water partition coefficient (Wildman–Crippen LogP) is 6.43. The fourth-order valence-electron chi connectivity index (χ4n) is 5.74. The second-order valence-corrected chi connectivity index (χ2v) is 14.6. The molecule has 7 nitrogen and oxygen atoms in total. The molecular formula is C24H48B2O7P2. The van der Waals surface area contributed by atoms with Crippen LogP contribution in [0.2, 0.25) is 0 Å². The summed E-state index contributed by atoms with van der Waals surface area (Å²) in [5.41, 5.74) is -2.21. The molecule has 2 N–H and O–H groups in total. The summed E-state index contributed by atoms with van der Waals surface area (Å²) in [7, 11) is 4.03. The van der Waals surface area contributed by atoms with Crippen LogP contribution in [0, 0.1) is 0 Å². The van der Waals surface area contributed by atoms with Gasteiger partial charge in [0.2, 0.25) is 7.57 Å². The van der Waals surface area contributed by atoms with Crippen molar-refractivity contribution in [3.8, 4) is 0 Å². The molecule has 0 aromatic heterocycles. The highest BCUT2D eigenvalue weighted by Crippen LogP contribution is 2.71. The van der Waals surface area contributed by atoms with Gasteiger partial charge in [-0.15, -0.1) is 0 Å². The van der Waals surface area contributed by atoms with Gasteiger partial charge in [0.25, 0.3) is 0 Å². The number of rotatable bonds is 16. The summed E-state index contributed by atoms with van der Waals surface area (Å²) in [4.78, 5) is 11.0. The first-order valence-electron chi connectivity index (χ1n) is 13.3. The summed E-state index contributed by atoms with van der Waals surface area (Å²) in [5.74, 6) is 0. The van der Waals surface area contributed by atoms with Crippen molar-refractivity contribution in [2.24, 2.45) is 0 Å². The lowest BCUT2D eigenvalue weighted by Crippen LogP contribution is -2.56. The highest BCUT2D eigenvalue weighted by atomic mass is 31.2. The molecule has 0 saturated carbocycles. The largest absolute Gasteiger partial charge is 0.385 e.